The molecule has 0 atom stereocenters. The third kappa shape index (κ3) is 2.36. The average molecular weight is 332 g/mol. The van der Waals surface area contributed by atoms with Gasteiger partial charge in [-0.3, -0.25) is 5.10 Å². The molecule has 122 valence electrons. The highest BCUT2D eigenvalue weighted by atomic mass is 19.3. The summed E-state index contributed by atoms with van der Waals surface area (Å²) in [5.41, 5.74) is 1.16. The van der Waals surface area contributed by atoms with Crippen LogP contribution in [0.1, 0.15) is 12.5 Å². The molecule has 4 aromatic rings. The van der Waals surface area contributed by atoms with Gasteiger partial charge in [-0.15, -0.1) is 0 Å². The van der Waals surface area contributed by atoms with E-state index in [9.17, 15) is 13.2 Å². The molecule has 3 aromatic heterocycles. The minimum absolute atomic E-state index is 0.166. The first-order chi connectivity index (χ1) is 11.4. The van der Waals surface area contributed by atoms with E-state index >= 15 is 0 Å². The Labute approximate surface area is 133 Å². The number of nitrogens with zero attached hydrogens (tertiary/aromatic N) is 2. The van der Waals surface area contributed by atoms with E-state index in [2.05, 4.69) is 20.5 Å². The Kier molecular flexibility index (Phi) is 3.02. The lowest BCUT2D eigenvalue weighted by Gasteiger charge is -2.08. The predicted octanol–water partition coefficient (Wildman–Crippen LogP) is 4.70. The zero-order valence-electron chi connectivity index (χ0n) is 12.4. The van der Waals surface area contributed by atoms with Crippen molar-refractivity contribution in [3.8, 4) is 0 Å². The molecule has 3 heterocycles. The number of halogens is 3. The highest BCUT2D eigenvalue weighted by molar-refractivity contribution is 5.91. The largest absolute Gasteiger partial charge is 0.464 e. The quantitative estimate of drug-likeness (QED) is 0.571. The van der Waals surface area contributed by atoms with Gasteiger partial charge < -0.3 is 9.73 Å². The predicted molar refractivity (Wildman–Crippen MR) is 82.9 cm³/mol. The summed E-state index contributed by atoms with van der Waals surface area (Å²) < 4.78 is 45.6. The Balaban J connectivity index is 1.73. The van der Waals surface area contributed by atoms with Gasteiger partial charge in [0.2, 0.25) is 0 Å². The summed E-state index contributed by atoms with van der Waals surface area (Å²) in [4.78, 5) is 3.89. The third-order valence-electron chi connectivity index (χ3n) is 3.69. The molecule has 8 heteroatoms. The maximum Gasteiger partial charge on any atom is 0.274 e. The fraction of sp³-hybridized carbons (Fsp3) is 0.125. The van der Waals surface area contributed by atoms with Gasteiger partial charge in [-0.05, 0) is 18.2 Å². The molecular formula is C16H11F3N4O. The molecule has 0 aliphatic carbocycles. The molecule has 0 amide bonds. The van der Waals surface area contributed by atoms with Gasteiger partial charge in [-0.25, -0.2) is 18.2 Å². The van der Waals surface area contributed by atoms with E-state index < -0.39 is 11.7 Å². The van der Waals surface area contributed by atoms with Gasteiger partial charge in [0.05, 0.1) is 17.1 Å². The summed E-state index contributed by atoms with van der Waals surface area (Å²) in [6.45, 7) is 0.820. The lowest BCUT2D eigenvalue weighted by Crippen LogP contribution is -2.05. The van der Waals surface area contributed by atoms with Crippen LogP contribution in [-0.2, 0) is 5.92 Å². The summed E-state index contributed by atoms with van der Waals surface area (Å²) in [5.74, 6) is -3.09. The lowest BCUT2D eigenvalue weighted by atomic mass is 10.1. The number of hydrogen-bond donors (Lipinski definition) is 2. The van der Waals surface area contributed by atoms with Crippen molar-refractivity contribution < 1.29 is 17.6 Å². The molecule has 0 saturated heterocycles. The summed E-state index contributed by atoms with van der Waals surface area (Å²) in [7, 11) is 0. The van der Waals surface area contributed by atoms with Gasteiger partial charge in [0.25, 0.3) is 5.92 Å². The molecule has 0 unspecified atom stereocenters. The van der Waals surface area contributed by atoms with Crippen LogP contribution in [0.4, 0.5) is 24.7 Å². The van der Waals surface area contributed by atoms with Gasteiger partial charge >= 0.3 is 0 Å². The Morgan fingerprint density at radius 1 is 1.21 bits per heavy atom. The molecule has 0 saturated carbocycles. The van der Waals surface area contributed by atoms with E-state index in [-0.39, 0.29) is 5.56 Å². The first-order valence-electron chi connectivity index (χ1n) is 7.08. The highest BCUT2D eigenvalue weighted by Gasteiger charge is 2.28. The molecule has 0 bridgehead atoms. The van der Waals surface area contributed by atoms with Crippen LogP contribution in [0.25, 0.3) is 22.0 Å². The number of nitrogens with one attached hydrogen (secondary N) is 2. The van der Waals surface area contributed by atoms with E-state index in [0.717, 1.165) is 19.4 Å². The number of benzene rings is 1. The minimum Gasteiger partial charge on any atom is -0.464 e. The number of furan rings is 1. The molecule has 24 heavy (non-hydrogen) atoms. The van der Waals surface area contributed by atoms with Crippen LogP contribution in [0.3, 0.4) is 0 Å². The molecular weight excluding hydrogens is 321 g/mol. The number of hydrogen-bond acceptors (Lipinski definition) is 4. The molecule has 0 spiro atoms. The van der Waals surface area contributed by atoms with Crippen LogP contribution in [0.2, 0.25) is 0 Å². The standard InChI is InChI=1S/C16H11F3N4O/c1-16(18,19)12-7-24-13-5-9(2-3-10(12)13)21-15-11-4-8(17)6-20-14(11)22-23-15/h2-7H,1H3,(H2,20,21,22,23). The number of fused-ring (bicyclic) bond motifs is 2. The summed E-state index contributed by atoms with van der Waals surface area (Å²) in [6.07, 6.45) is 2.14. The number of aromatic amines is 1. The first kappa shape index (κ1) is 14.6. The molecule has 5 nitrogen and oxygen atoms in total. The monoisotopic (exact) mass is 332 g/mol. The van der Waals surface area contributed by atoms with Crippen LogP contribution in [0.15, 0.2) is 41.1 Å². The Morgan fingerprint density at radius 2 is 2.04 bits per heavy atom. The van der Waals surface area contributed by atoms with E-state index in [1.807, 2.05) is 0 Å². The lowest BCUT2D eigenvalue weighted by molar-refractivity contribution is 0.0183. The van der Waals surface area contributed by atoms with Gasteiger partial charge in [-0.1, -0.05) is 0 Å². The number of H-pyrrole nitrogens is 1. The normalized spacial score (nSPS) is 12.2. The Morgan fingerprint density at radius 3 is 2.83 bits per heavy atom. The average Bonchev–Trinajstić information content (AvgIpc) is 3.11. The SMILES string of the molecule is CC(F)(F)c1coc2cc(Nc3n[nH]c4ncc(F)cc34)ccc12. The Hall–Kier alpha value is -3.03. The topological polar surface area (TPSA) is 66.7 Å². The van der Waals surface area contributed by atoms with Crippen molar-refractivity contribution in [2.45, 2.75) is 12.8 Å². The van der Waals surface area contributed by atoms with Crippen molar-refractivity contribution in [3.05, 3.63) is 48.1 Å². The number of aromatic nitrogens is 3. The van der Waals surface area contributed by atoms with E-state index in [1.165, 1.54) is 6.07 Å². The smallest absolute Gasteiger partial charge is 0.274 e. The van der Waals surface area contributed by atoms with Crippen molar-refractivity contribution in [3.63, 3.8) is 0 Å². The zero-order valence-corrected chi connectivity index (χ0v) is 12.4. The second-order valence-electron chi connectivity index (χ2n) is 5.50. The van der Waals surface area contributed by atoms with Crippen LogP contribution < -0.4 is 5.32 Å². The second kappa shape index (κ2) is 4.98. The van der Waals surface area contributed by atoms with Gasteiger partial charge in [0.1, 0.15) is 17.7 Å². The Bertz CT molecular complexity index is 1050. The summed E-state index contributed by atoms with van der Waals surface area (Å²) in [5, 5.41) is 10.5. The molecule has 0 radical (unpaired) electrons. The van der Waals surface area contributed by atoms with Crippen molar-refractivity contribution in [2.75, 3.05) is 5.32 Å². The van der Waals surface area contributed by atoms with Crippen molar-refractivity contribution in [1.82, 2.24) is 15.2 Å². The highest BCUT2D eigenvalue weighted by Crippen LogP contribution is 2.36. The molecule has 1 aromatic carbocycles. The molecule has 2 N–H and O–H groups in total. The number of rotatable bonds is 3. The molecule has 0 aliphatic rings. The van der Waals surface area contributed by atoms with Gasteiger partial charge in [0, 0.05) is 24.1 Å². The van der Waals surface area contributed by atoms with Crippen LogP contribution in [0.5, 0.6) is 0 Å². The number of alkyl halides is 2. The van der Waals surface area contributed by atoms with E-state index in [1.54, 1.807) is 18.2 Å². The fourth-order valence-corrected chi connectivity index (χ4v) is 2.56. The van der Waals surface area contributed by atoms with E-state index in [0.29, 0.717) is 33.5 Å². The van der Waals surface area contributed by atoms with Gasteiger partial charge in [0.15, 0.2) is 11.5 Å². The first-order valence-corrected chi connectivity index (χ1v) is 7.08. The maximum atomic E-state index is 13.5. The number of anilines is 2. The van der Waals surface area contributed by atoms with Crippen molar-refractivity contribution in [2.24, 2.45) is 0 Å². The van der Waals surface area contributed by atoms with Gasteiger partial charge in [-0.2, -0.15) is 5.10 Å². The fourth-order valence-electron chi connectivity index (χ4n) is 2.56. The summed E-state index contributed by atoms with van der Waals surface area (Å²) in [6, 6.07) is 6.05. The third-order valence-corrected chi connectivity index (χ3v) is 3.69. The van der Waals surface area contributed by atoms with Crippen LogP contribution >= 0.6 is 0 Å². The second-order valence-corrected chi connectivity index (χ2v) is 5.50. The van der Waals surface area contributed by atoms with Crippen molar-refractivity contribution in [1.29, 1.82) is 0 Å². The van der Waals surface area contributed by atoms with Crippen molar-refractivity contribution >= 4 is 33.5 Å². The van der Waals surface area contributed by atoms with Crippen LogP contribution in [-0.4, -0.2) is 15.2 Å². The molecule has 0 aliphatic heterocycles. The van der Waals surface area contributed by atoms with Crippen LogP contribution in [0, 0.1) is 5.82 Å². The molecule has 4 rings (SSSR count). The minimum atomic E-state index is -2.98. The number of pyridine rings is 1. The van der Waals surface area contributed by atoms with E-state index in [4.69, 9.17) is 4.42 Å². The zero-order chi connectivity index (χ0) is 16.9. The summed E-state index contributed by atoms with van der Waals surface area (Å²) >= 11 is 0. The maximum absolute atomic E-state index is 13.5. The molecule has 0 fully saturated rings.